The maximum atomic E-state index is 14.8. The van der Waals surface area contributed by atoms with Gasteiger partial charge in [-0.3, -0.25) is 0 Å². The zero-order valence-electron chi connectivity index (χ0n) is 18.7. The summed E-state index contributed by atoms with van der Waals surface area (Å²) in [4.78, 5) is 19.3. The van der Waals surface area contributed by atoms with Crippen molar-refractivity contribution in [3.63, 3.8) is 0 Å². The number of piperidine rings is 1. The van der Waals surface area contributed by atoms with E-state index in [9.17, 15) is 4.39 Å². The zero-order valence-corrected chi connectivity index (χ0v) is 19.4. The molecule has 1 aromatic carbocycles. The van der Waals surface area contributed by atoms with Gasteiger partial charge in [0.2, 0.25) is 0 Å². The maximum Gasteiger partial charge on any atom is 0.326 e. The Balaban J connectivity index is 1.44. The van der Waals surface area contributed by atoms with Crippen LogP contribution in [0.4, 0.5) is 15.9 Å². The molecule has 0 spiro atoms. The number of halogens is 2. The number of aromatic amines is 1. The quantitative estimate of drug-likeness (QED) is 0.346. The summed E-state index contributed by atoms with van der Waals surface area (Å²) < 4.78 is 22.4. The summed E-state index contributed by atoms with van der Waals surface area (Å²) in [5, 5.41) is 8.46. The van der Waals surface area contributed by atoms with E-state index in [-0.39, 0.29) is 23.1 Å². The first-order valence-electron chi connectivity index (χ1n) is 11.4. The number of nitrogens with two attached hydrogens (primary N) is 1. The monoisotopic (exact) mass is 493 g/mol. The number of benzene rings is 1. The number of fused-ring (bicyclic) bond motifs is 6. The predicted octanol–water partition coefficient (Wildman–Crippen LogP) is 3.71. The zero-order chi connectivity index (χ0) is 23.8. The minimum absolute atomic E-state index is 0.0261. The third kappa shape index (κ3) is 3.04. The van der Waals surface area contributed by atoms with Crippen LogP contribution in [-0.4, -0.2) is 55.2 Å². The second-order valence-electron chi connectivity index (χ2n) is 9.13. The standard InChI is InChI=1S/C23H21ClFN9O/c1-27-15-6-13(25)19(24)17-18-21(30-20(15)17)31-23(35-12-7-28-16-2-3-29-34(16)9-12)32-22(18)33-8-10-4-11(33)5-14(10)26/h2-3,6-7,9-11,14,27H,4-5,8,26H2,1H3,(H,30,31,32)/t10-,11-,14-/m1/s1. The Bertz CT molecular complexity index is 1630. The molecule has 2 bridgehead atoms. The Hall–Kier alpha value is -3.70. The number of ether oxygens (including phenoxy) is 1. The Morgan fingerprint density at radius 3 is 2.94 bits per heavy atom. The van der Waals surface area contributed by atoms with Crippen LogP contribution < -0.4 is 20.7 Å². The Morgan fingerprint density at radius 2 is 2.17 bits per heavy atom. The van der Waals surface area contributed by atoms with Crippen LogP contribution in [0.2, 0.25) is 5.02 Å². The lowest BCUT2D eigenvalue weighted by molar-refractivity contribution is 0.435. The van der Waals surface area contributed by atoms with Crippen molar-refractivity contribution in [3.05, 3.63) is 41.6 Å². The van der Waals surface area contributed by atoms with Crippen molar-refractivity contribution < 1.29 is 9.13 Å². The number of aromatic nitrogens is 6. The molecule has 5 heterocycles. The number of rotatable bonds is 4. The minimum atomic E-state index is -0.515. The average Bonchev–Trinajstić information content (AvgIpc) is 3.62. The summed E-state index contributed by atoms with van der Waals surface area (Å²) >= 11 is 6.50. The summed E-state index contributed by atoms with van der Waals surface area (Å²) in [6.07, 6.45) is 6.83. The van der Waals surface area contributed by atoms with Crippen LogP contribution in [0.1, 0.15) is 12.8 Å². The molecule has 0 amide bonds. The Kier molecular flexibility index (Phi) is 4.37. The van der Waals surface area contributed by atoms with E-state index in [4.69, 9.17) is 27.1 Å². The lowest BCUT2D eigenvalue weighted by Crippen LogP contribution is -2.41. The number of hydrogen-bond acceptors (Lipinski definition) is 8. The van der Waals surface area contributed by atoms with Crippen LogP contribution in [-0.2, 0) is 0 Å². The molecule has 35 heavy (non-hydrogen) atoms. The van der Waals surface area contributed by atoms with E-state index in [1.54, 1.807) is 36.2 Å². The molecule has 2 fully saturated rings. The highest BCUT2D eigenvalue weighted by atomic mass is 35.5. The second-order valence-corrected chi connectivity index (χ2v) is 9.50. The van der Waals surface area contributed by atoms with E-state index in [1.165, 1.54) is 6.07 Å². The van der Waals surface area contributed by atoms with Crippen LogP contribution in [0, 0.1) is 11.7 Å². The van der Waals surface area contributed by atoms with Gasteiger partial charge < -0.3 is 25.7 Å². The molecule has 7 rings (SSSR count). The molecule has 3 atom stereocenters. The van der Waals surface area contributed by atoms with Crippen LogP contribution in [0.25, 0.3) is 27.6 Å². The van der Waals surface area contributed by atoms with Crippen molar-refractivity contribution in [2.24, 2.45) is 11.7 Å². The predicted molar refractivity (Wildman–Crippen MR) is 131 cm³/mol. The summed E-state index contributed by atoms with van der Waals surface area (Å²) in [5.74, 6) is 0.955. The smallest absolute Gasteiger partial charge is 0.326 e. The molecule has 0 unspecified atom stereocenters. The van der Waals surface area contributed by atoms with Gasteiger partial charge >= 0.3 is 6.01 Å². The first-order chi connectivity index (χ1) is 17.0. The molecule has 4 aromatic heterocycles. The molecule has 1 aliphatic carbocycles. The fourth-order valence-electron chi connectivity index (χ4n) is 5.51. The summed E-state index contributed by atoms with van der Waals surface area (Å²) in [6, 6.07) is 3.72. The third-order valence-electron chi connectivity index (χ3n) is 7.15. The molecular formula is C23H21ClFN9O. The van der Waals surface area contributed by atoms with Crippen LogP contribution in [0.15, 0.2) is 30.7 Å². The summed E-state index contributed by atoms with van der Waals surface area (Å²) in [7, 11) is 1.73. The van der Waals surface area contributed by atoms with Gasteiger partial charge in [0.15, 0.2) is 11.4 Å². The highest BCUT2D eigenvalue weighted by Gasteiger charge is 2.44. The van der Waals surface area contributed by atoms with Gasteiger partial charge in [0.25, 0.3) is 0 Å². The topological polar surface area (TPSA) is 122 Å². The molecule has 4 N–H and O–H groups in total. The summed E-state index contributed by atoms with van der Waals surface area (Å²) in [5.41, 5.74) is 8.74. The number of anilines is 2. The van der Waals surface area contributed by atoms with E-state index >= 15 is 0 Å². The third-order valence-corrected chi connectivity index (χ3v) is 7.52. The van der Waals surface area contributed by atoms with E-state index in [0.29, 0.717) is 50.8 Å². The van der Waals surface area contributed by atoms with Crippen molar-refractivity contribution in [2.75, 3.05) is 23.8 Å². The van der Waals surface area contributed by atoms with Gasteiger partial charge in [-0.25, -0.2) is 13.9 Å². The molecule has 10 nitrogen and oxygen atoms in total. The lowest BCUT2D eigenvalue weighted by atomic mass is 10.0. The number of nitrogens with zero attached hydrogens (tertiary/aromatic N) is 6. The summed E-state index contributed by atoms with van der Waals surface area (Å²) in [6.45, 7) is 0.761. The molecule has 1 saturated heterocycles. The Labute approximate surface area is 203 Å². The van der Waals surface area contributed by atoms with Crippen molar-refractivity contribution >= 4 is 50.7 Å². The van der Waals surface area contributed by atoms with E-state index in [0.717, 1.165) is 19.4 Å². The SMILES string of the molecule is CNc1cc(F)c(Cl)c2c1[nH]c1nc(Oc3cnc4ccnn4c3)nc(N3C[C@H]4C[C@@H]3C[C@H]4N)c12. The second kappa shape index (κ2) is 7.40. The largest absolute Gasteiger partial charge is 0.421 e. The fourth-order valence-corrected chi connectivity index (χ4v) is 5.76. The number of hydrogen-bond donors (Lipinski definition) is 3. The van der Waals surface area contributed by atoms with Gasteiger partial charge in [-0.05, 0) is 18.8 Å². The van der Waals surface area contributed by atoms with Crippen molar-refractivity contribution in [1.82, 2.24) is 29.5 Å². The number of H-pyrrole nitrogens is 1. The van der Waals surface area contributed by atoms with Crippen molar-refractivity contribution in [3.8, 4) is 11.8 Å². The van der Waals surface area contributed by atoms with E-state index in [2.05, 4.69) is 30.3 Å². The molecule has 5 aromatic rings. The van der Waals surface area contributed by atoms with Gasteiger partial charge in [0, 0.05) is 43.2 Å². The van der Waals surface area contributed by atoms with Crippen LogP contribution in [0.5, 0.6) is 11.8 Å². The highest BCUT2D eigenvalue weighted by Crippen LogP contribution is 2.46. The normalized spacial score (nSPS) is 21.6. The molecule has 1 aliphatic heterocycles. The van der Waals surface area contributed by atoms with Gasteiger partial charge in [0.1, 0.15) is 17.3 Å². The maximum absolute atomic E-state index is 14.8. The molecule has 178 valence electrons. The minimum Gasteiger partial charge on any atom is -0.421 e. The van der Waals surface area contributed by atoms with Crippen LogP contribution >= 0.6 is 11.6 Å². The van der Waals surface area contributed by atoms with Crippen molar-refractivity contribution in [1.29, 1.82) is 0 Å². The molecule has 1 saturated carbocycles. The first-order valence-corrected chi connectivity index (χ1v) is 11.8. The molecule has 12 heteroatoms. The van der Waals surface area contributed by atoms with Gasteiger partial charge in [0.05, 0.1) is 40.2 Å². The van der Waals surface area contributed by atoms with Crippen molar-refractivity contribution in [2.45, 2.75) is 24.9 Å². The lowest BCUT2D eigenvalue weighted by Gasteiger charge is -2.31. The van der Waals surface area contributed by atoms with Gasteiger partial charge in [-0.2, -0.15) is 15.1 Å². The fraction of sp³-hybridized carbons (Fsp3) is 0.304. The van der Waals surface area contributed by atoms with Crippen LogP contribution in [0.3, 0.4) is 0 Å². The van der Waals surface area contributed by atoms with Gasteiger partial charge in [-0.1, -0.05) is 11.6 Å². The van der Waals surface area contributed by atoms with Gasteiger partial charge in [-0.15, -0.1) is 0 Å². The highest BCUT2D eigenvalue weighted by molar-refractivity contribution is 6.39. The Morgan fingerprint density at radius 1 is 1.29 bits per heavy atom. The molecule has 2 aliphatic rings. The van der Waals surface area contributed by atoms with E-state index < -0.39 is 5.82 Å². The molecule has 0 radical (unpaired) electrons. The van der Waals surface area contributed by atoms with E-state index in [1.807, 2.05) is 0 Å². The average molecular weight is 494 g/mol. The first kappa shape index (κ1) is 20.7. The number of nitrogens with one attached hydrogen (secondary N) is 2. The molecular weight excluding hydrogens is 473 g/mol.